The van der Waals surface area contributed by atoms with E-state index in [2.05, 4.69) is 18.2 Å². The van der Waals surface area contributed by atoms with Crippen LogP contribution in [-0.2, 0) is 4.79 Å². The minimum atomic E-state index is -0.249. The summed E-state index contributed by atoms with van der Waals surface area (Å²) in [6.07, 6.45) is 15.6. The maximum absolute atomic E-state index is 13.4. The Labute approximate surface area is 134 Å². The topological polar surface area (TPSA) is 32.3 Å². The number of piperidine rings is 1. The van der Waals surface area contributed by atoms with Crippen LogP contribution in [0.5, 0.6) is 0 Å². The van der Waals surface area contributed by atoms with Crippen LogP contribution in [0.2, 0.25) is 0 Å². The first kappa shape index (κ1) is 15.6. The van der Waals surface area contributed by atoms with Gasteiger partial charge >= 0.3 is 0 Å². The van der Waals surface area contributed by atoms with Gasteiger partial charge in [0.2, 0.25) is 5.91 Å². The van der Waals surface area contributed by atoms with Gasteiger partial charge in [0.25, 0.3) is 0 Å². The molecular formula is C19H28N2O. The van der Waals surface area contributed by atoms with Gasteiger partial charge < -0.3 is 10.2 Å². The van der Waals surface area contributed by atoms with Crippen molar-refractivity contribution in [1.29, 1.82) is 0 Å². The van der Waals surface area contributed by atoms with Crippen molar-refractivity contribution >= 4 is 5.91 Å². The van der Waals surface area contributed by atoms with Gasteiger partial charge in [0.1, 0.15) is 0 Å². The van der Waals surface area contributed by atoms with Crippen molar-refractivity contribution in [2.75, 3.05) is 13.1 Å². The third-order valence-electron chi connectivity index (χ3n) is 5.75. The SMILES string of the molecule is C#CC1=C(CCC)C2(CCCCC2)C(=O)N1C1CCNCC1. The third kappa shape index (κ3) is 2.38. The van der Waals surface area contributed by atoms with E-state index in [9.17, 15) is 4.79 Å². The van der Waals surface area contributed by atoms with E-state index in [4.69, 9.17) is 6.42 Å². The van der Waals surface area contributed by atoms with Gasteiger partial charge in [-0.1, -0.05) is 38.5 Å². The molecule has 120 valence electrons. The van der Waals surface area contributed by atoms with Gasteiger partial charge in [-0.15, -0.1) is 6.42 Å². The number of allylic oxidation sites excluding steroid dienone is 1. The highest BCUT2D eigenvalue weighted by atomic mass is 16.2. The summed E-state index contributed by atoms with van der Waals surface area (Å²) in [5.41, 5.74) is 1.97. The zero-order valence-corrected chi connectivity index (χ0v) is 13.8. The second kappa shape index (κ2) is 6.46. The fourth-order valence-corrected chi connectivity index (χ4v) is 4.68. The predicted molar refractivity (Wildman–Crippen MR) is 89.0 cm³/mol. The molecule has 0 atom stereocenters. The number of hydrogen-bond donors (Lipinski definition) is 1. The number of nitrogens with one attached hydrogen (secondary N) is 1. The van der Waals surface area contributed by atoms with Crippen LogP contribution in [0, 0.1) is 17.8 Å². The second-order valence-electron chi connectivity index (χ2n) is 7.02. The molecule has 0 bridgehead atoms. The van der Waals surface area contributed by atoms with E-state index in [1.807, 2.05) is 4.90 Å². The zero-order valence-electron chi connectivity index (χ0n) is 13.8. The van der Waals surface area contributed by atoms with E-state index in [-0.39, 0.29) is 5.41 Å². The highest BCUT2D eigenvalue weighted by molar-refractivity contribution is 5.92. The lowest BCUT2D eigenvalue weighted by molar-refractivity contribution is -0.139. The van der Waals surface area contributed by atoms with Crippen LogP contribution in [0.25, 0.3) is 0 Å². The molecule has 1 N–H and O–H groups in total. The minimum absolute atomic E-state index is 0.249. The van der Waals surface area contributed by atoms with E-state index in [1.54, 1.807) is 0 Å². The molecule has 1 saturated carbocycles. The standard InChI is InChI=1S/C19H28N2O/c1-3-8-16-17(4-2)21(15-9-13-20-14-10-15)18(22)19(16)11-6-5-7-12-19/h2,15,20H,3,5-14H2,1H3. The van der Waals surface area contributed by atoms with Crippen LogP contribution >= 0.6 is 0 Å². The largest absolute Gasteiger partial charge is 0.317 e. The van der Waals surface area contributed by atoms with Crippen molar-refractivity contribution in [3.8, 4) is 12.3 Å². The van der Waals surface area contributed by atoms with E-state index in [1.165, 1.54) is 12.0 Å². The molecule has 1 saturated heterocycles. The molecule has 3 heteroatoms. The summed E-state index contributed by atoms with van der Waals surface area (Å²) < 4.78 is 0. The molecule has 22 heavy (non-hydrogen) atoms. The summed E-state index contributed by atoms with van der Waals surface area (Å²) in [5.74, 6) is 3.24. The first-order valence-corrected chi connectivity index (χ1v) is 8.99. The van der Waals surface area contributed by atoms with Gasteiger partial charge in [0.15, 0.2) is 0 Å². The van der Waals surface area contributed by atoms with Gasteiger partial charge in [0.05, 0.1) is 11.1 Å². The van der Waals surface area contributed by atoms with Crippen LogP contribution in [0.4, 0.5) is 0 Å². The minimum Gasteiger partial charge on any atom is -0.317 e. The van der Waals surface area contributed by atoms with Gasteiger partial charge in [-0.25, -0.2) is 0 Å². The Morgan fingerprint density at radius 2 is 1.95 bits per heavy atom. The van der Waals surface area contributed by atoms with E-state index >= 15 is 0 Å². The third-order valence-corrected chi connectivity index (χ3v) is 5.75. The number of carbonyl (C=O) groups is 1. The summed E-state index contributed by atoms with van der Waals surface area (Å²) >= 11 is 0. The number of terminal acetylenes is 1. The lowest BCUT2D eigenvalue weighted by atomic mass is 9.68. The molecule has 0 aromatic carbocycles. The Kier molecular flexibility index (Phi) is 4.59. The van der Waals surface area contributed by atoms with E-state index in [0.29, 0.717) is 11.9 Å². The summed E-state index contributed by atoms with van der Waals surface area (Å²) in [4.78, 5) is 15.4. The van der Waals surface area contributed by atoms with Crippen molar-refractivity contribution < 1.29 is 4.79 Å². The average molecular weight is 300 g/mol. The fraction of sp³-hybridized carbons (Fsp3) is 0.737. The molecule has 3 rings (SSSR count). The summed E-state index contributed by atoms with van der Waals surface area (Å²) in [6, 6.07) is 0.299. The number of nitrogens with zero attached hydrogens (tertiary/aromatic N) is 1. The van der Waals surface area contributed by atoms with E-state index < -0.39 is 0 Å². The van der Waals surface area contributed by atoms with Gasteiger partial charge in [-0.2, -0.15) is 0 Å². The summed E-state index contributed by atoms with van der Waals surface area (Å²) in [5, 5.41) is 3.39. The molecular weight excluding hydrogens is 272 g/mol. The van der Waals surface area contributed by atoms with Crippen molar-refractivity contribution in [1.82, 2.24) is 10.2 Å². The Hall–Kier alpha value is -1.27. The van der Waals surface area contributed by atoms with Crippen molar-refractivity contribution in [2.45, 2.75) is 70.8 Å². The van der Waals surface area contributed by atoms with Crippen LogP contribution in [0.1, 0.15) is 64.7 Å². The van der Waals surface area contributed by atoms with Gasteiger partial charge in [-0.05, 0) is 50.8 Å². The maximum atomic E-state index is 13.4. The van der Waals surface area contributed by atoms with Crippen LogP contribution in [-0.4, -0.2) is 29.9 Å². The Morgan fingerprint density at radius 3 is 2.55 bits per heavy atom. The molecule has 1 spiro atoms. The molecule has 1 aliphatic carbocycles. The molecule has 1 amide bonds. The smallest absolute Gasteiger partial charge is 0.238 e. The molecule has 3 aliphatic rings. The Morgan fingerprint density at radius 1 is 1.27 bits per heavy atom. The van der Waals surface area contributed by atoms with Crippen molar-refractivity contribution in [3.63, 3.8) is 0 Å². The highest BCUT2D eigenvalue weighted by Gasteiger charge is 2.53. The molecule has 3 nitrogen and oxygen atoms in total. The Balaban J connectivity index is 2.00. The number of carbonyl (C=O) groups excluding carboxylic acids is 1. The lowest BCUT2D eigenvalue weighted by Crippen LogP contribution is -2.47. The monoisotopic (exact) mass is 300 g/mol. The highest BCUT2D eigenvalue weighted by Crippen LogP contribution is 2.52. The summed E-state index contributed by atoms with van der Waals surface area (Å²) in [7, 11) is 0. The maximum Gasteiger partial charge on any atom is 0.238 e. The molecule has 2 fully saturated rings. The van der Waals surface area contributed by atoms with Crippen LogP contribution in [0.15, 0.2) is 11.3 Å². The number of rotatable bonds is 3. The summed E-state index contributed by atoms with van der Waals surface area (Å²) in [6.45, 7) is 4.17. The quantitative estimate of drug-likeness (QED) is 0.812. The van der Waals surface area contributed by atoms with Gasteiger partial charge in [-0.3, -0.25) is 4.79 Å². The lowest BCUT2D eigenvalue weighted by Gasteiger charge is -2.37. The molecule has 0 unspecified atom stereocenters. The Bertz CT molecular complexity index is 502. The molecule has 0 aromatic heterocycles. The average Bonchev–Trinajstić information content (AvgIpc) is 2.79. The van der Waals surface area contributed by atoms with Crippen molar-refractivity contribution in [3.05, 3.63) is 11.3 Å². The first-order chi connectivity index (χ1) is 10.7. The van der Waals surface area contributed by atoms with Gasteiger partial charge in [0, 0.05) is 6.04 Å². The fourth-order valence-electron chi connectivity index (χ4n) is 4.68. The van der Waals surface area contributed by atoms with Crippen LogP contribution in [0.3, 0.4) is 0 Å². The predicted octanol–water partition coefficient (Wildman–Crippen LogP) is 3.22. The molecule has 0 radical (unpaired) electrons. The van der Waals surface area contributed by atoms with Crippen molar-refractivity contribution in [2.24, 2.45) is 5.41 Å². The first-order valence-electron chi connectivity index (χ1n) is 8.99. The normalized spacial score (nSPS) is 25.8. The molecule has 2 heterocycles. The molecule has 0 aromatic rings. The van der Waals surface area contributed by atoms with E-state index in [0.717, 1.165) is 70.2 Å². The zero-order chi connectivity index (χ0) is 15.6. The molecule has 2 aliphatic heterocycles. The van der Waals surface area contributed by atoms with Crippen LogP contribution < -0.4 is 5.32 Å². The number of amides is 1. The second-order valence-corrected chi connectivity index (χ2v) is 7.02. The number of hydrogen-bond acceptors (Lipinski definition) is 2.